The lowest BCUT2D eigenvalue weighted by Gasteiger charge is -2.05. The second kappa shape index (κ2) is 6.26. The molecule has 0 fully saturated rings. The third kappa shape index (κ3) is 2.71. The number of benzene rings is 2. The Morgan fingerprint density at radius 3 is 2.58 bits per heavy atom. The summed E-state index contributed by atoms with van der Waals surface area (Å²) < 4.78 is 1.34. The van der Waals surface area contributed by atoms with Gasteiger partial charge in [0.2, 0.25) is 0 Å². The molecular weight excluding hydrogens is 324 g/mol. The lowest BCUT2D eigenvalue weighted by Crippen LogP contribution is -2.20. The van der Waals surface area contributed by atoms with Crippen molar-refractivity contribution in [3.63, 3.8) is 0 Å². The summed E-state index contributed by atoms with van der Waals surface area (Å²) in [7, 11) is 0. The number of nitrogens with zero attached hydrogens (tertiary/aromatic N) is 3. The van der Waals surface area contributed by atoms with Crippen molar-refractivity contribution in [2.75, 3.05) is 0 Å². The van der Waals surface area contributed by atoms with Gasteiger partial charge in [-0.15, -0.1) is 0 Å². The van der Waals surface area contributed by atoms with Gasteiger partial charge in [-0.3, -0.25) is 4.79 Å². The molecule has 0 unspecified atom stereocenters. The van der Waals surface area contributed by atoms with E-state index in [1.807, 2.05) is 36.4 Å². The molecule has 0 spiro atoms. The van der Waals surface area contributed by atoms with Crippen LogP contribution >= 0.6 is 0 Å². The molecule has 5 nitrogen and oxygen atoms in total. The fraction of sp³-hybridized carbons (Fsp3) is 0.190. The summed E-state index contributed by atoms with van der Waals surface area (Å²) in [5.41, 5.74) is 4.09. The maximum Gasteiger partial charge on any atom is 0.298 e. The summed E-state index contributed by atoms with van der Waals surface area (Å²) in [6.07, 6.45) is 1.69. The number of para-hydroxylation sites is 1. The van der Waals surface area contributed by atoms with E-state index in [-0.39, 0.29) is 5.56 Å². The first-order valence-corrected chi connectivity index (χ1v) is 8.69. The number of aromatic nitrogens is 3. The standard InChI is InChI=1S/C21H20N4O/c1-13(2)16-10-8-15(9-11-16)12-22-25-14(3)23-19-17-6-4-5-7-18(17)24-20(19)21(25)26/h4-13,24H,1-3H3. The molecule has 0 saturated carbocycles. The molecule has 0 aliphatic carbocycles. The van der Waals surface area contributed by atoms with Crippen LogP contribution < -0.4 is 5.56 Å². The number of hydrogen-bond donors (Lipinski definition) is 1. The molecule has 4 aromatic rings. The second-order valence-electron chi connectivity index (χ2n) is 6.74. The molecular formula is C21H20N4O. The van der Waals surface area contributed by atoms with E-state index in [0.717, 1.165) is 16.5 Å². The largest absolute Gasteiger partial charge is 0.349 e. The zero-order valence-electron chi connectivity index (χ0n) is 15.0. The number of fused-ring (bicyclic) bond motifs is 3. The van der Waals surface area contributed by atoms with Gasteiger partial charge in [-0.1, -0.05) is 56.3 Å². The summed E-state index contributed by atoms with van der Waals surface area (Å²) in [5, 5.41) is 5.31. The van der Waals surface area contributed by atoms with Crippen LogP contribution in [0, 0.1) is 6.92 Å². The number of aromatic amines is 1. The number of hydrogen-bond acceptors (Lipinski definition) is 3. The van der Waals surface area contributed by atoms with E-state index in [4.69, 9.17) is 0 Å². The monoisotopic (exact) mass is 344 g/mol. The van der Waals surface area contributed by atoms with E-state index >= 15 is 0 Å². The van der Waals surface area contributed by atoms with E-state index in [9.17, 15) is 4.79 Å². The van der Waals surface area contributed by atoms with Gasteiger partial charge in [0, 0.05) is 10.9 Å². The lowest BCUT2D eigenvalue weighted by molar-refractivity contribution is 0.769. The first-order chi connectivity index (χ1) is 12.5. The van der Waals surface area contributed by atoms with Crippen LogP contribution in [0.4, 0.5) is 0 Å². The molecule has 0 aliphatic heterocycles. The zero-order valence-corrected chi connectivity index (χ0v) is 15.0. The van der Waals surface area contributed by atoms with Crippen LogP contribution in [0.25, 0.3) is 21.9 Å². The Kier molecular flexibility index (Phi) is 3.92. The lowest BCUT2D eigenvalue weighted by atomic mass is 10.0. The van der Waals surface area contributed by atoms with Crippen molar-refractivity contribution in [2.24, 2.45) is 5.10 Å². The SMILES string of the molecule is Cc1nc2c([nH]c3ccccc32)c(=O)n1N=Cc1ccc(C(C)C)cc1. The number of H-pyrrole nitrogens is 1. The Balaban J connectivity index is 1.79. The molecule has 0 amide bonds. The average molecular weight is 344 g/mol. The van der Waals surface area contributed by atoms with E-state index in [0.29, 0.717) is 22.8 Å². The minimum atomic E-state index is -0.196. The van der Waals surface area contributed by atoms with Crippen molar-refractivity contribution in [1.29, 1.82) is 0 Å². The minimum absolute atomic E-state index is 0.196. The third-order valence-electron chi connectivity index (χ3n) is 4.59. The van der Waals surface area contributed by atoms with Gasteiger partial charge in [0.1, 0.15) is 16.9 Å². The molecule has 2 aromatic carbocycles. The average Bonchev–Trinajstić information content (AvgIpc) is 3.01. The Bertz CT molecular complexity index is 1180. The Morgan fingerprint density at radius 2 is 1.85 bits per heavy atom. The van der Waals surface area contributed by atoms with Gasteiger partial charge in [0.25, 0.3) is 5.56 Å². The quantitative estimate of drug-likeness (QED) is 0.566. The predicted molar refractivity (Wildman–Crippen MR) is 106 cm³/mol. The van der Waals surface area contributed by atoms with E-state index in [2.05, 4.69) is 41.0 Å². The molecule has 5 heteroatoms. The fourth-order valence-corrected chi connectivity index (χ4v) is 3.09. The number of rotatable bonds is 3. The van der Waals surface area contributed by atoms with Gasteiger partial charge >= 0.3 is 0 Å². The second-order valence-corrected chi connectivity index (χ2v) is 6.74. The summed E-state index contributed by atoms with van der Waals surface area (Å²) in [4.78, 5) is 20.6. The molecule has 0 saturated heterocycles. The smallest absolute Gasteiger partial charge is 0.298 e. The van der Waals surface area contributed by atoms with Crippen LogP contribution in [0.5, 0.6) is 0 Å². The van der Waals surface area contributed by atoms with Gasteiger partial charge in [0.15, 0.2) is 0 Å². The molecule has 26 heavy (non-hydrogen) atoms. The number of aryl methyl sites for hydroxylation is 1. The molecule has 2 aromatic heterocycles. The first kappa shape index (κ1) is 16.3. The summed E-state index contributed by atoms with van der Waals surface area (Å²) in [6, 6.07) is 16.0. The highest BCUT2D eigenvalue weighted by Crippen LogP contribution is 2.21. The highest BCUT2D eigenvalue weighted by Gasteiger charge is 2.12. The van der Waals surface area contributed by atoms with E-state index in [1.54, 1.807) is 13.1 Å². The normalized spacial score (nSPS) is 12.0. The topological polar surface area (TPSA) is 63.0 Å². The molecule has 0 aliphatic rings. The van der Waals surface area contributed by atoms with Crippen LogP contribution in [-0.2, 0) is 0 Å². The van der Waals surface area contributed by atoms with Gasteiger partial charge in [-0.2, -0.15) is 9.78 Å². The van der Waals surface area contributed by atoms with E-state index in [1.165, 1.54) is 10.2 Å². The molecule has 0 radical (unpaired) electrons. The van der Waals surface area contributed by atoms with Gasteiger partial charge in [-0.05, 0) is 30.0 Å². The summed E-state index contributed by atoms with van der Waals surface area (Å²) >= 11 is 0. The molecule has 2 heterocycles. The van der Waals surface area contributed by atoms with Crippen molar-refractivity contribution >= 4 is 28.2 Å². The van der Waals surface area contributed by atoms with E-state index < -0.39 is 0 Å². The van der Waals surface area contributed by atoms with Crippen molar-refractivity contribution in [1.82, 2.24) is 14.6 Å². The van der Waals surface area contributed by atoms with Crippen molar-refractivity contribution < 1.29 is 0 Å². The van der Waals surface area contributed by atoms with Crippen LogP contribution in [0.15, 0.2) is 58.4 Å². The van der Waals surface area contributed by atoms with Crippen molar-refractivity contribution in [3.8, 4) is 0 Å². The maximum absolute atomic E-state index is 12.9. The van der Waals surface area contributed by atoms with Crippen molar-refractivity contribution in [2.45, 2.75) is 26.7 Å². The molecule has 0 bridgehead atoms. The molecule has 130 valence electrons. The molecule has 1 N–H and O–H groups in total. The first-order valence-electron chi connectivity index (χ1n) is 8.69. The maximum atomic E-state index is 12.9. The zero-order chi connectivity index (χ0) is 18.3. The van der Waals surface area contributed by atoms with Crippen LogP contribution in [-0.4, -0.2) is 20.9 Å². The molecule has 4 rings (SSSR count). The minimum Gasteiger partial charge on any atom is -0.349 e. The Morgan fingerprint density at radius 1 is 1.12 bits per heavy atom. The fourth-order valence-electron chi connectivity index (χ4n) is 3.09. The number of nitrogens with one attached hydrogen (secondary N) is 1. The van der Waals surface area contributed by atoms with Crippen LogP contribution in [0.2, 0.25) is 0 Å². The van der Waals surface area contributed by atoms with Crippen LogP contribution in [0.3, 0.4) is 0 Å². The summed E-state index contributed by atoms with van der Waals surface area (Å²) in [6.45, 7) is 6.11. The Labute approximate surface area is 151 Å². The highest BCUT2D eigenvalue weighted by molar-refractivity contribution is 6.04. The predicted octanol–water partition coefficient (Wildman–Crippen LogP) is 4.19. The third-order valence-corrected chi connectivity index (χ3v) is 4.59. The summed E-state index contributed by atoms with van der Waals surface area (Å²) in [5.74, 6) is 1.04. The molecule has 0 atom stereocenters. The van der Waals surface area contributed by atoms with Crippen LogP contribution in [0.1, 0.15) is 36.7 Å². The Hall–Kier alpha value is -3.21. The highest BCUT2D eigenvalue weighted by atomic mass is 16.1. The van der Waals surface area contributed by atoms with Gasteiger partial charge < -0.3 is 4.98 Å². The van der Waals surface area contributed by atoms with Gasteiger partial charge in [0.05, 0.1) is 6.21 Å². The van der Waals surface area contributed by atoms with Gasteiger partial charge in [-0.25, -0.2) is 4.98 Å². The van der Waals surface area contributed by atoms with Crippen molar-refractivity contribution in [3.05, 3.63) is 75.8 Å².